The fourth-order valence-electron chi connectivity index (χ4n) is 2.00. The van der Waals surface area contributed by atoms with E-state index in [1.807, 2.05) is 0 Å². The average molecular weight is 306 g/mol. The van der Waals surface area contributed by atoms with Gasteiger partial charge in [0.05, 0.1) is 0 Å². The molecule has 1 aromatic carbocycles. The highest BCUT2D eigenvalue weighted by Gasteiger charge is 2.46. The second kappa shape index (κ2) is 4.76. The third-order valence-corrected chi connectivity index (χ3v) is 5.08. The number of nitrogens with two attached hydrogens (primary N) is 1. The molecule has 9 heteroatoms. The molecule has 2 rings (SSSR count). The predicted octanol–water partition coefficient (Wildman–Crippen LogP) is 0.141. The van der Waals surface area contributed by atoms with Gasteiger partial charge in [0.2, 0.25) is 10.0 Å². The summed E-state index contributed by atoms with van der Waals surface area (Å²) < 4.78 is 51.5. The zero-order valence-corrected chi connectivity index (χ0v) is 11.0. The van der Waals surface area contributed by atoms with Gasteiger partial charge in [-0.2, -0.15) is 4.31 Å². The van der Waals surface area contributed by atoms with Crippen LogP contribution in [-0.4, -0.2) is 42.4 Å². The summed E-state index contributed by atoms with van der Waals surface area (Å²) in [6, 6.07) is 2.08. The Morgan fingerprint density at radius 1 is 1.40 bits per heavy atom. The molecule has 1 aromatic rings. The van der Waals surface area contributed by atoms with Crippen molar-refractivity contribution >= 4 is 16.0 Å². The third-order valence-electron chi connectivity index (χ3n) is 3.20. The topological polar surface area (TPSA) is 101 Å². The van der Waals surface area contributed by atoms with Crippen molar-refractivity contribution in [2.75, 3.05) is 13.1 Å². The monoisotopic (exact) mass is 306 g/mol. The van der Waals surface area contributed by atoms with Gasteiger partial charge in [0.1, 0.15) is 22.1 Å². The molecule has 0 amide bonds. The van der Waals surface area contributed by atoms with Gasteiger partial charge in [-0.25, -0.2) is 17.2 Å². The van der Waals surface area contributed by atoms with Crippen molar-refractivity contribution < 1.29 is 27.1 Å². The van der Waals surface area contributed by atoms with Crippen molar-refractivity contribution in [1.29, 1.82) is 0 Å². The lowest BCUT2D eigenvalue weighted by Gasteiger charge is -2.20. The number of carbonyl (C=O) groups is 1. The first-order valence-electron chi connectivity index (χ1n) is 5.64. The number of rotatable bonds is 3. The van der Waals surface area contributed by atoms with E-state index in [9.17, 15) is 22.0 Å². The van der Waals surface area contributed by atoms with Crippen LogP contribution in [0.2, 0.25) is 0 Å². The van der Waals surface area contributed by atoms with E-state index in [0.29, 0.717) is 6.07 Å². The fraction of sp³-hybridized carbons (Fsp3) is 0.364. The Kier molecular flexibility index (Phi) is 3.53. The minimum atomic E-state index is -4.24. The third kappa shape index (κ3) is 2.39. The van der Waals surface area contributed by atoms with Crippen LogP contribution in [0.25, 0.3) is 0 Å². The number of halogens is 2. The molecule has 0 bridgehead atoms. The molecule has 0 radical (unpaired) electrons. The van der Waals surface area contributed by atoms with Crippen LogP contribution in [0.4, 0.5) is 8.78 Å². The lowest BCUT2D eigenvalue weighted by molar-refractivity contribution is -0.142. The zero-order chi connectivity index (χ0) is 15.1. The zero-order valence-electron chi connectivity index (χ0n) is 10.2. The molecule has 0 saturated carbocycles. The standard InChI is InChI=1S/C11H12F2N2O4S/c12-7-1-2-9(8(13)5-7)20(18,19)15-4-3-11(14,6-15)10(16)17/h1-2,5H,3-4,6,14H2,(H,16,17). The van der Waals surface area contributed by atoms with E-state index in [1.54, 1.807) is 0 Å². The van der Waals surface area contributed by atoms with Crippen LogP contribution in [0.3, 0.4) is 0 Å². The minimum absolute atomic E-state index is 0.0790. The summed E-state index contributed by atoms with van der Waals surface area (Å²) in [5, 5.41) is 8.95. The number of benzene rings is 1. The summed E-state index contributed by atoms with van der Waals surface area (Å²) in [5.74, 6) is -3.45. The van der Waals surface area contributed by atoms with Gasteiger partial charge >= 0.3 is 5.97 Å². The van der Waals surface area contributed by atoms with E-state index >= 15 is 0 Å². The van der Waals surface area contributed by atoms with E-state index in [4.69, 9.17) is 10.8 Å². The summed E-state index contributed by atoms with van der Waals surface area (Å²) in [6.45, 7) is -0.594. The Balaban J connectivity index is 2.35. The number of sulfonamides is 1. The Morgan fingerprint density at radius 2 is 2.05 bits per heavy atom. The number of hydrogen-bond acceptors (Lipinski definition) is 4. The Hall–Kier alpha value is -1.58. The predicted molar refractivity (Wildman–Crippen MR) is 64.3 cm³/mol. The lowest BCUT2D eigenvalue weighted by Crippen LogP contribution is -2.50. The summed E-state index contributed by atoms with van der Waals surface area (Å²) in [7, 11) is -4.24. The van der Waals surface area contributed by atoms with Crippen LogP contribution in [0.1, 0.15) is 6.42 Å². The van der Waals surface area contributed by atoms with Crippen LogP contribution in [0, 0.1) is 11.6 Å². The van der Waals surface area contributed by atoms with Crippen molar-refractivity contribution in [1.82, 2.24) is 4.31 Å². The summed E-state index contributed by atoms with van der Waals surface area (Å²) in [6.07, 6.45) is -0.0790. The van der Waals surface area contributed by atoms with Gasteiger partial charge in [-0.3, -0.25) is 4.79 Å². The van der Waals surface area contributed by atoms with Gasteiger partial charge in [0, 0.05) is 19.2 Å². The smallest absolute Gasteiger partial charge is 0.325 e. The van der Waals surface area contributed by atoms with Crippen molar-refractivity contribution in [3.05, 3.63) is 29.8 Å². The maximum atomic E-state index is 13.6. The second-order valence-corrected chi connectivity index (χ2v) is 6.53. The molecule has 1 aliphatic rings. The fourth-order valence-corrected chi connectivity index (χ4v) is 3.56. The molecule has 0 spiro atoms. The van der Waals surface area contributed by atoms with E-state index in [0.717, 1.165) is 16.4 Å². The highest BCUT2D eigenvalue weighted by atomic mass is 32.2. The van der Waals surface area contributed by atoms with Crippen LogP contribution in [-0.2, 0) is 14.8 Å². The van der Waals surface area contributed by atoms with Gasteiger partial charge < -0.3 is 10.8 Å². The first-order chi connectivity index (χ1) is 9.17. The largest absolute Gasteiger partial charge is 0.480 e. The van der Waals surface area contributed by atoms with E-state index in [-0.39, 0.29) is 13.0 Å². The Bertz CT molecular complexity index is 664. The molecule has 110 valence electrons. The Morgan fingerprint density at radius 3 is 2.55 bits per heavy atom. The van der Waals surface area contributed by atoms with Crippen molar-refractivity contribution in [3.63, 3.8) is 0 Å². The van der Waals surface area contributed by atoms with Crippen LogP contribution in [0.5, 0.6) is 0 Å². The van der Waals surface area contributed by atoms with Gasteiger partial charge in [0.15, 0.2) is 0 Å². The molecule has 0 aliphatic carbocycles. The van der Waals surface area contributed by atoms with Gasteiger partial charge in [0.25, 0.3) is 0 Å². The summed E-state index contributed by atoms with van der Waals surface area (Å²) >= 11 is 0. The molecule has 1 heterocycles. The maximum absolute atomic E-state index is 13.6. The molecule has 6 nitrogen and oxygen atoms in total. The highest BCUT2D eigenvalue weighted by molar-refractivity contribution is 7.89. The average Bonchev–Trinajstić information content (AvgIpc) is 2.73. The van der Waals surface area contributed by atoms with E-state index in [2.05, 4.69) is 0 Å². The number of nitrogens with zero attached hydrogens (tertiary/aromatic N) is 1. The van der Waals surface area contributed by atoms with E-state index in [1.165, 1.54) is 0 Å². The maximum Gasteiger partial charge on any atom is 0.325 e. The van der Waals surface area contributed by atoms with E-state index < -0.39 is 44.6 Å². The molecular weight excluding hydrogens is 294 g/mol. The second-order valence-electron chi connectivity index (χ2n) is 4.62. The normalized spacial score (nSPS) is 23.9. The minimum Gasteiger partial charge on any atom is -0.480 e. The molecule has 1 fully saturated rings. The van der Waals surface area contributed by atoms with Gasteiger partial charge in [-0.15, -0.1) is 0 Å². The van der Waals surface area contributed by atoms with Crippen molar-refractivity contribution in [3.8, 4) is 0 Å². The molecule has 1 unspecified atom stereocenters. The molecule has 1 atom stereocenters. The van der Waals surface area contributed by atoms with Crippen molar-refractivity contribution in [2.24, 2.45) is 5.73 Å². The quantitative estimate of drug-likeness (QED) is 0.827. The molecule has 3 N–H and O–H groups in total. The summed E-state index contributed by atoms with van der Waals surface area (Å²) in [5.41, 5.74) is 3.88. The Labute approximate surface area is 113 Å². The van der Waals surface area contributed by atoms with Crippen molar-refractivity contribution in [2.45, 2.75) is 16.9 Å². The molecule has 0 aromatic heterocycles. The van der Waals surface area contributed by atoms with Crippen LogP contribution >= 0.6 is 0 Å². The molecule has 1 aliphatic heterocycles. The number of carboxylic acids is 1. The molecular formula is C11H12F2N2O4S. The summed E-state index contributed by atoms with van der Waals surface area (Å²) in [4.78, 5) is 10.3. The first-order valence-corrected chi connectivity index (χ1v) is 7.08. The SMILES string of the molecule is NC1(C(=O)O)CCN(S(=O)(=O)c2ccc(F)cc2F)C1. The number of aliphatic carboxylic acids is 1. The lowest BCUT2D eigenvalue weighted by atomic mass is 10.0. The number of carboxylic acid groups (broad SMARTS) is 1. The van der Waals surface area contributed by atoms with Crippen LogP contribution < -0.4 is 5.73 Å². The van der Waals surface area contributed by atoms with Crippen LogP contribution in [0.15, 0.2) is 23.1 Å². The number of hydrogen-bond donors (Lipinski definition) is 2. The first kappa shape index (κ1) is 14.8. The molecule has 1 saturated heterocycles. The molecule has 20 heavy (non-hydrogen) atoms. The van der Waals surface area contributed by atoms with Gasteiger partial charge in [-0.1, -0.05) is 0 Å². The highest BCUT2D eigenvalue weighted by Crippen LogP contribution is 2.27. The van der Waals surface area contributed by atoms with Gasteiger partial charge in [-0.05, 0) is 18.6 Å².